The lowest BCUT2D eigenvalue weighted by atomic mass is 10.0. The van der Waals surface area contributed by atoms with Gasteiger partial charge in [-0.3, -0.25) is 0 Å². The lowest BCUT2D eigenvalue weighted by molar-refractivity contribution is 0.897. The normalized spacial score (nSPS) is 11.1. The zero-order valence-corrected chi connectivity index (χ0v) is 11.9. The average Bonchev–Trinajstić information content (AvgIpc) is 2.85. The van der Waals surface area contributed by atoms with Gasteiger partial charge < -0.3 is 5.32 Å². The number of hydrogen-bond donors (Lipinski definition) is 1. The molecule has 0 saturated carbocycles. The third-order valence-electron chi connectivity index (χ3n) is 2.98. The van der Waals surface area contributed by atoms with Gasteiger partial charge in [-0.15, -0.1) is 11.3 Å². The predicted molar refractivity (Wildman–Crippen MR) is 83.8 cm³/mol. The van der Waals surface area contributed by atoms with Gasteiger partial charge in [-0.25, -0.2) is 4.98 Å². The number of hydrogen-bond acceptors (Lipinski definition) is 3. The Labute approximate surface area is 117 Å². The molecule has 0 aliphatic rings. The van der Waals surface area contributed by atoms with Crippen LogP contribution in [0.2, 0.25) is 0 Å². The Morgan fingerprint density at radius 3 is 2.68 bits per heavy atom. The lowest BCUT2D eigenvalue weighted by Gasteiger charge is -2.05. The molecule has 2 aromatic carbocycles. The molecule has 0 aliphatic carbocycles. The molecule has 0 bridgehead atoms. The number of thiazole rings is 1. The summed E-state index contributed by atoms with van der Waals surface area (Å²) in [6, 6.07) is 15.2. The van der Waals surface area contributed by atoms with Crippen molar-refractivity contribution in [1.29, 1.82) is 0 Å². The van der Waals surface area contributed by atoms with Crippen molar-refractivity contribution in [3.8, 4) is 11.3 Å². The number of benzene rings is 2. The lowest BCUT2D eigenvalue weighted by Crippen LogP contribution is -2.08. The van der Waals surface area contributed by atoms with E-state index in [4.69, 9.17) is 0 Å². The molecule has 2 nitrogen and oxygen atoms in total. The van der Waals surface area contributed by atoms with Crippen LogP contribution in [0.5, 0.6) is 0 Å². The van der Waals surface area contributed by atoms with Crippen molar-refractivity contribution in [3.63, 3.8) is 0 Å². The number of aromatic nitrogens is 1. The van der Waals surface area contributed by atoms with E-state index in [9.17, 15) is 0 Å². The van der Waals surface area contributed by atoms with Crippen molar-refractivity contribution in [3.05, 3.63) is 47.8 Å². The molecular weight excluding hydrogens is 252 g/mol. The van der Waals surface area contributed by atoms with Gasteiger partial charge in [0.2, 0.25) is 0 Å². The summed E-state index contributed by atoms with van der Waals surface area (Å²) in [4.78, 5) is 4.68. The highest BCUT2D eigenvalue weighted by Crippen LogP contribution is 2.31. The first kappa shape index (κ1) is 12.2. The molecule has 1 N–H and O–H groups in total. The van der Waals surface area contributed by atoms with Crippen LogP contribution in [0.1, 0.15) is 13.8 Å². The molecule has 3 heteroatoms. The molecule has 1 heterocycles. The topological polar surface area (TPSA) is 24.9 Å². The van der Waals surface area contributed by atoms with Gasteiger partial charge in [0.05, 0.1) is 5.69 Å². The van der Waals surface area contributed by atoms with Crippen LogP contribution in [0, 0.1) is 0 Å². The molecular formula is C16H16N2S. The fourth-order valence-electron chi connectivity index (χ4n) is 2.16. The van der Waals surface area contributed by atoms with E-state index in [-0.39, 0.29) is 0 Å². The Kier molecular flexibility index (Phi) is 3.22. The van der Waals surface area contributed by atoms with E-state index in [0.717, 1.165) is 10.8 Å². The second kappa shape index (κ2) is 5.02. The summed E-state index contributed by atoms with van der Waals surface area (Å²) in [7, 11) is 0. The van der Waals surface area contributed by atoms with Gasteiger partial charge >= 0.3 is 0 Å². The zero-order valence-electron chi connectivity index (χ0n) is 11.1. The summed E-state index contributed by atoms with van der Waals surface area (Å²) in [6.07, 6.45) is 0. The molecule has 0 atom stereocenters. The summed E-state index contributed by atoms with van der Waals surface area (Å²) >= 11 is 1.66. The van der Waals surface area contributed by atoms with Crippen LogP contribution in [0.15, 0.2) is 47.8 Å². The van der Waals surface area contributed by atoms with Crippen molar-refractivity contribution < 1.29 is 0 Å². The van der Waals surface area contributed by atoms with E-state index >= 15 is 0 Å². The highest BCUT2D eigenvalue weighted by Gasteiger charge is 2.08. The van der Waals surface area contributed by atoms with Gasteiger partial charge in [-0.1, -0.05) is 42.5 Å². The van der Waals surface area contributed by atoms with Crippen LogP contribution >= 0.6 is 11.3 Å². The highest BCUT2D eigenvalue weighted by molar-refractivity contribution is 7.14. The van der Waals surface area contributed by atoms with Crippen molar-refractivity contribution >= 4 is 27.2 Å². The van der Waals surface area contributed by atoms with Crippen molar-refractivity contribution in [1.82, 2.24) is 4.98 Å². The Bertz CT molecular complexity index is 695. The summed E-state index contributed by atoms with van der Waals surface area (Å²) in [5.74, 6) is 0. The van der Waals surface area contributed by atoms with Crippen molar-refractivity contribution in [2.75, 3.05) is 5.32 Å². The molecule has 19 heavy (non-hydrogen) atoms. The van der Waals surface area contributed by atoms with Crippen molar-refractivity contribution in [2.24, 2.45) is 0 Å². The number of nitrogens with one attached hydrogen (secondary N) is 1. The molecule has 0 amide bonds. The second-order valence-corrected chi connectivity index (χ2v) is 5.72. The van der Waals surface area contributed by atoms with Gasteiger partial charge in [0, 0.05) is 17.0 Å². The minimum Gasteiger partial charge on any atom is -0.359 e. The molecule has 1 aromatic heterocycles. The molecule has 0 radical (unpaired) electrons. The monoisotopic (exact) mass is 268 g/mol. The van der Waals surface area contributed by atoms with Crippen LogP contribution in [0.4, 0.5) is 5.13 Å². The van der Waals surface area contributed by atoms with Gasteiger partial charge in [0.15, 0.2) is 5.13 Å². The minimum absolute atomic E-state index is 0.409. The van der Waals surface area contributed by atoms with Crippen LogP contribution in [0.25, 0.3) is 22.0 Å². The molecule has 0 fully saturated rings. The number of fused-ring (bicyclic) bond motifs is 1. The predicted octanol–water partition coefficient (Wildman–Crippen LogP) is 4.78. The molecule has 0 saturated heterocycles. The summed E-state index contributed by atoms with van der Waals surface area (Å²) in [5, 5.41) is 8.96. The van der Waals surface area contributed by atoms with Crippen LogP contribution < -0.4 is 5.32 Å². The minimum atomic E-state index is 0.409. The number of rotatable bonds is 3. The van der Waals surface area contributed by atoms with Crippen LogP contribution in [-0.4, -0.2) is 11.0 Å². The average molecular weight is 268 g/mol. The SMILES string of the molecule is CC(C)Nc1nc(-c2cccc3ccccc23)cs1. The standard InChI is InChI=1S/C16H16N2S/c1-11(2)17-16-18-15(10-19-16)14-9-5-7-12-6-3-4-8-13(12)14/h3-11H,1-2H3,(H,17,18). The van der Waals surface area contributed by atoms with Gasteiger partial charge in [0.25, 0.3) is 0 Å². The summed E-state index contributed by atoms with van der Waals surface area (Å²) < 4.78 is 0. The van der Waals surface area contributed by atoms with E-state index in [2.05, 4.69) is 72.0 Å². The van der Waals surface area contributed by atoms with E-state index in [1.165, 1.54) is 16.3 Å². The third kappa shape index (κ3) is 2.47. The smallest absolute Gasteiger partial charge is 0.183 e. The van der Waals surface area contributed by atoms with E-state index in [0.29, 0.717) is 6.04 Å². The molecule has 3 aromatic rings. The Balaban J connectivity index is 2.06. The molecule has 3 rings (SSSR count). The maximum absolute atomic E-state index is 4.68. The maximum Gasteiger partial charge on any atom is 0.183 e. The molecule has 0 spiro atoms. The van der Waals surface area contributed by atoms with E-state index in [1.807, 2.05) is 0 Å². The number of nitrogens with zero attached hydrogens (tertiary/aromatic N) is 1. The fraction of sp³-hybridized carbons (Fsp3) is 0.188. The van der Waals surface area contributed by atoms with Crippen LogP contribution in [0.3, 0.4) is 0 Å². The fourth-order valence-corrected chi connectivity index (χ4v) is 3.02. The van der Waals surface area contributed by atoms with Gasteiger partial charge in [0.1, 0.15) is 0 Å². The summed E-state index contributed by atoms with van der Waals surface area (Å²) in [6.45, 7) is 4.25. The third-order valence-corrected chi connectivity index (χ3v) is 3.76. The molecule has 96 valence electrons. The highest BCUT2D eigenvalue weighted by atomic mass is 32.1. The van der Waals surface area contributed by atoms with E-state index < -0.39 is 0 Å². The Morgan fingerprint density at radius 1 is 1.05 bits per heavy atom. The van der Waals surface area contributed by atoms with Gasteiger partial charge in [-0.05, 0) is 24.6 Å². The quantitative estimate of drug-likeness (QED) is 0.739. The van der Waals surface area contributed by atoms with E-state index in [1.54, 1.807) is 11.3 Å². The zero-order chi connectivity index (χ0) is 13.2. The van der Waals surface area contributed by atoms with Gasteiger partial charge in [-0.2, -0.15) is 0 Å². The Hall–Kier alpha value is -1.87. The molecule has 0 unspecified atom stereocenters. The molecule has 0 aliphatic heterocycles. The number of anilines is 1. The summed E-state index contributed by atoms with van der Waals surface area (Å²) in [5.41, 5.74) is 2.25. The first-order valence-corrected chi connectivity index (χ1v) is 7.32. The first-order chi connectivity index (χ1) is 9.24. The first-order valence-electron chi connectivity index (χ1n) is 6.44. The van der Waals surface area contributed by atoms with Crippen LogP contribution in [-0.2, 0) is 0 Å². The maximum atomic E-state index is 4.68. The largest absolute Gasteiger partial charge is 0.359 e. The second-order valence-electron chi connectivity index (χ2n) is 4.86. The van der Waals surface area contributed by atoms with Crippen molar-refractivity contribution in [2.45, 2.75) is 19.9 Å². The Morgan fingerprint density at radius 2 is 1.84 bits per heavy atom.